The zero-order chi connectivity index (χ0) is 17.2. The van der Waals surface area contributed by atoms with Crippen LogP contribution in [0.4, 0.5) is 5.69 Å². The summed E-state index contributed by atoms with van der Waals surface area (Å²) >= 11 is 6.05. The van der Waals surface area contributed by atoms with Crippen molar-refractivity contribution in [1.82, 2.24) is 10.2 Å². The van der Waals surface area contributed by atoms with E-state index in [2.05, 4.69) is 17.6 Å². The Hall–Kier alpha value is -1.75. The van der Waals surface area contributed by atoms with Crippen molar-refractivity contribution in [2.24, 2.45) is 0 Å². The number of hydrogen-bond donors (Lipinski definition) is 2. The molecule has 2 N–H and O–H groups in total. The highest BCUT2D eigenvalue weighted by molar-refractivity contribution is 6.31. The minimum atomic E-state index is -0.477. The van der Waals surface area contributed by atoms with Crippen molar-refractivity contribution in [3.8, 4) is 0 Å². The maximum atomic E-state index is 12.4. The van der Waals surface area contributed by atoms with Crippen molar-refractivity contribution in [3.05, 3.63) is 28.8 Å². The molecular weight excluding hydrogens is 326 g/mol. The quantitative estimate of drug-likeness (QED) is 0.819. The van der Waals surface area contributed by atoms with Crippen molar-refractivity contribution < 1.29 is 9.59 Å². The van der Waals surface area contributed by atoms with Crippen molar-refractivity contribution in [2.75, 3.05) is 18.4 Å². The number of carbonyl (C=O) groups excluding carboxylic acids is 2. The molecule has 1 spiro atoms. The minimum absolute atomic E-state index is 0.0804. The lowest BCUT2D eigenvalue weighted by molar-refractivity contribution is -0.132. The molecule has 0 radical (unpaired) electrons. The van der Waals surface area contributed by atoms with Gasteiger partial charge in [0.2, 0.25) is 5.91 Å². The fourth-order valence-corrected chi connectivity index (χ4v) is 3.64. The summed E-state index contributed by atoms with van der Waals surface area (Å²) in [5, 5.41) is 7.14. The van der Waals surface area contributed by atoms with Gasteiger partial charge in [-0.1, -0.05) is 31.4 Å². The predicted octanol–water partition coefficient (Wildman–Crippen LogP) is 3.39. The van der Waals surface area contributed by atoms with E-state index in [4.69, 9.17) is 11.6 Å². The van der Waals surface area contributed by atoms with Crippen molar-refractivity contribution in [3.63, 3.8) is 0 Å². The van der Waals surface area contributed by atoms with Gasteiger partial charge >= 0.3 is 0 Å². The van der Waals surface area contributed by atoms with Crippen molar-refractivity contribution >= 4 is 29.1 Å². The number of benzene rings is 1. The van der Waals surface area contributed by atoms with E-state index in [-0.39, 0.29) is 11.8 Å². The van der Waals surface area contributed by atoms with Crippen LogP contribution in [0.2, 0.25) is 5.02 Å². The van der Waals surface area contributed by atoms with Gasteiger partial charge in [0.25, 0.3) is 5.91 Å². The Balaban J connectivity index is 1.64. The number of carbonyl (C=O) groups is 2. The molecule has 130 valence electrons. The van der Waals surface area contributed by atoms with Crippen molar-refractivity contribution in [2.45, 2.75) is 51.1 Å². The number of hydrogen-bond acceptors (Lipinski definition) is 3. The van der Waals surface area contributed by atoms with Crippen LogP contribution in [0, 0.1) is 0 Å². The summed E-state index contributed by atoms with van der Waals surface area (Å²) in [6.45, 7) is 3.46. The first-order chi connectivity index (χ1) is 11.5. The summed E-state index contributed by atoms with van der Waals surface area (Å²) in [7, 11) is 0. The summed E-state index contributed by atoms with van der Waals surface area (Å²) in [5.41, 5.74) is 0.909. The van der Waals surface area contributed by atoms with E-state index in [0.717, 1.165) is 24.9 Å². The van der Waals surface area contributed by atoms with E-state index in [0.29, 0.717) is 42.9 Å². The Bertz CT molecular complexity index is 639. The van der Waals surface area contributed by atoms with Crippen LogP contribution in [0.5, 0.6) is 0 Å². The predicted molar refractivity (Wildman–Crippen MR) is 95.2 cm³/mol. The van der Waals surface area contributed by atoms with Gasteiger partial charge in [-0.3, -0.25) is 9.59 Å². The van der Waals surface area contributed by atoms with Gasteiger partial charge in [-0.15, -0.1) is 0 Å². The Morgan fingerprint density at radius 1 is 1.25 bits per heavy atom. The van der Waals surface area contributed by atoms with Crippen LogP contribution in [0.3, 0.4) is 0 Å². The molecule has 1 saturated heterocycles. The van der Waals surface area contributed by atoms with Crippen LogP contribution in [0.25, 0.3) is 0 Å². The molecule has 2 amide bonds. The monoisotopic (exact) mass is 349 g/mol. The second-order valence-electron chi connectivity index (χ2n) is 6.69. The third-order valence-corrected chi connectivity index (χ3v) is 5.15. The number of nitrogens with zero attached hydrogens (tertiary/aromatic N) is 1. The normalized spacial score (nSPS) is 18.8. The number of anilines is 1. The highest BCUT2D eigenvalue weighted by Gasteiger charge is 2.40. The molecule has 2 aliphatic rings. The number of amides is 2. The largest absolute Gasteiger partial charge is 0.362 e. The van der Waals surface area contributed by atoms with Gasteiger partial charge in [0.05, 0.1) is 11.3 Å². The highest BCUT2D eigenvalue weighted by atomic mass is 35.5. The van der Waals surface area contributed by atoms with Gasteiger partial charge < -0.3 is 15.5 Å². The highest BCUT2D eigenvalue weighted by Crippen LogP contribution is 2.33. The number of likely N-dealkylation sites (tertiary alicyclic amines) is 1. The summed E-state index contributed by atoms with van der Waals surface area (Å²) in [4.78, 5) is 26.6. The summed E-state index contributed by atoms with van der Waals surface area (Å²) in [6, 6.07) is 5.25. The molecular formula is C18H24ClN3O2. The Morgan fingerprint density at radius 2 is 2.00 bits per heavy atom. The second-order valence-corrected chi connectivity index (χ2v) is 7.13. The third kappa shape index (κ3) is 3.51. The Labute approximate surface area is 147 Å². The first-order valence-corrected chi connectivity index (χ1v) is 9.09. The number of piperidine rings is 1. The van der Waals surface area contributed by atoms with Crippen molar-refractivity contribution in [1.29, 1.82) is 0 Å². The van der Waals surface area contributed by atoms with E-state index in [1.54, 1.807) is 18.2 Å². The fourth-order valence-electron chi connectivity index (χ4n) is 3.46. The molecule has 1 fully saturated rings. The smallest absolute Gasteiger partial charge is 0.255 e. The van der Waals surface area contributed by atoms with Gasteiger partial charge in [-0.05, 0) is 24.6 Å². The standard InChI is InChI=1S/C18H24ClN3O2/c1-2-3-4-5-16(23)22-10-8-18(9-11-22)20-15-12-13(19)6-7-14(15)17(24)21-18/h6-7,12,20H,2-5,8-11H2,1H3,(H,21,24). The molecule has 3 rings (SSSR count). The molecule has 0 bridgehead atoms. The first kappa shape index (κ1) is 17.1. The lowest BCUT2D eigenvalue weighted by Gasteiger charge is -2.46. The van der Waals surface area contributed by atoms with E-state index >= 15 is 0 Å². The van der Waals surface area contributed by atoms with E-state index in [1.807, 2.05) is 4.90 Å². The zero-order valence-electron chi connectivity index (χ0n) is 14.0. The average molecular weight is 350 g/mol. The molecule has 0 atom stereocenters. The maximum Gasteiger partial charge on any atom is 0.255 e. The SMILES string of the molecule is CCCCCC(=O)N1CCC2(CC1)NC(=O)c1ccc(Cl)cc1N2. The van der Waals surface area contributed by atoms with E-state index < -0.39 is 5.66 Å². The van der Waals surface area contributed by atoms with Crippen LogP contribution < -0.4 is 10.6 Å². The number of rotatable bonds is 4. The van der Waals surface area contributed by atoms with Crippen LogP contribution in [0.15, 0.2) is 18.2 Å². The van der Waals surface area contributed by atoms with E-state index in [1.165, 1.54) is 0 Å². The molecule has 24 heavy (non-hydrogen) atoms. The number of nitrogens with one attached hydrogen (secondary N) is 2. The lowest BCUT2D eigenvalue weighted by Crippen LogP contribution is -2.62. The molecule has 2 aliphatic heterocycles. The molecule has 0 saturated carbocycles. The average Bonchev–Trinajstić information content (AvgIpc) is 2.55. The zero-order valence-corrected chi connectivity index (χ0v) is 14.8. The van der Waals surface area contributed by atoms with Crippen LogP contribution in [0.1, 0.15) is 55.8 Å². The lowest BCUT2D eigenvalue weighted by atomic mass is 9.92. The Kier molecular flexibility index (Phi) is 4.99. The maximum absolute atomic E-state index is 12.4. The summed E-state index contributed by atoms with van der Waals surface area (Å²) < 4.78 is 0. The number of fused-ring (bicyclic) bond motifs is 1. The molecule has 1 aromatic carbocycles. The van der Waals surface area contributed by atoms with Crippen LogP contribution in [-0.4, -0.2) is 35.5 Å². The van der Waals surface area contributed by atoms with E-state index in [9.17, 15) is 9.59 Å². The molecule has 0 aromatic heterocycles. The molecule has 0 unspecified atom stereocenters. The molecule has 2 heterocycles. The first-order valence-electron chi connectivity index (χ1n) is 8.71. The van der Waals surface area contributed by atoms with Gasteiger partial charge in [0.15, 0.2) is 0 Å². The molecule has 6 heteroatoms. The third-order valence-electron chi connectivity index (χ3n) is 4.92. The van der Waals surface area contributed by atoms with Crippen LogP contribution >= 0.6 is 11.6 Å². The number of unbranched alkanes of at least 4 members (excludes halogenated alkanes) is 2. The summed E-state index contributed by atoms with van der Waals surface area (Å²) in [5.74, 6) is 0.145. The number of halogens is 1. The topological polar surface area (TPSA) is 61.4 Å². The van der Waals surface area contributed by atoms with Gasteiger partial charge in [-0.25, -0.2) is 0 Å². The van der Waals surface area contributed by atoms with Crippen LogP contribution in [-0.2, 0) is 4.79 Å². The molecule has 5 nitrogen and oxygen atoms in total. The van der Waals surface area contributed by atoms with Gasteiger partial charge in [-0.2, -0.15) is 0 Å². The fraction of sp³-hybridized carbons (Fsp3) is 0.556. The Morgan fingerprint density at radius 3 is 2.71 bits per heavy atom. The summed E-state index contributed by atoms with van der Waals surface area (Å²) in [6.07, 6.45) is 5.19. The van der Waals surface area contributed by atoms with Gasteiger partial charge in [0, 0.05) is 37.4 Å². The molecule has 1 aromatic rings. The minimum Gasteiger partial charge on any atom is -0.362 e. The molecule has 0 aliphatic carbocycles. The second kappa shape index (κ2) is 7.01. The van der Waals surface area contributed by atoms with Gasteiger partial charge in [0.1, 0.15) is 5.66 Å².